The van der Waals surface area contributed by atoms with Crippen LogP contribution in [0.1, 0.15) is 30.1 Å². The van der Waals surface area contributed by atoms with Crippen molar-refractivity contribution >= 4 is 11.8 Å². The Kier molecular flexibility index (Phi) is 5.25. The smallest absolute Gasteiger partial charge is 0.254 e. The van der Waals surface area contributed by atoms with Gasteiger partial charge in [-0.25, -0.2) is 0 Å². The van der Waals surface area contributed by atoms with Gasteiger partial charge in [0.05, 0.1) is 20.3 Å². The molecule has 0 atom stereocenters. The Labute approximate surface area is 130 Å². The van der Waals surface area contributed by atoms with Crippen molar-refractivity contribution < 1.29 is 19.1 Å². The predicted molar refractivity (Wildman–Crippen MR) is 82.3 cm³/mol. The number of hydrogen-bond donors (Lipinski definition) is 1. The monoisotopic (exact) mass is 306 g/mol. The molecule has 0 bridgehead atoms. The highest BCUT2D eigenvalue weighted by Gasteiger charge is 2.24. The number of ether oxygens (including phenoxy) is 2. The molecule has 1 aliphatic carbocycles. The largest absolute Gasteiger partial charge is 0.493 e. The van der Waals surface area contributed by atoms with Crippen LogP contribution in [0, 0.1) is 0 Å². The molecule has 22 heavy (non-hydrogen) atoms. The molecule has 0 spiro atoms. The second-order valence-corrected chi connectivity index (χ2v) is 5.30. The van der Waals surface area contributed by atoms with Gasteiger partial charge < -0.3 is 19.7 Å². The van der Waals surface area contributed by atoms with Crippen LogP contribution in [0.4, 0.5) is 0 Å². The van der Waals surface area contributed by atoms with E-state index in [-0.39, 0.29) is 18.4 Å². The molecule has 2 amide bonds. The van der Waals surface area contributed by atoms with E-state index in [2.05, 4.69) is 5.32 Å². The molecule has 0 radical (unpaired) electrons. The van der Waals surface area contributed by atoms with Crippen molar-refractivity contribution in [2.24, 2.45) is 0 Å². The summed E-state index contributed by atoms with van der Waals surface area (Å²) in [5.41, 5.74) is 0.460. The van der Waals surface area contributed by atoms with Crippen molar-refractivity contribution in [1.82, 2.24) is 10.2 Å². The van der Waals surface area contributed by atoms with Crippen molar-refractivity contribution in [3.05, 3.63) is 23.8 Å². The number of benzene rings is 1. The Morgan fingerprint density at radius 3 is 2.64 bits per heavy atom. The minimum atomic E-state index is -0.229. The molecule has 1 fully saturated rings. The SMILES string of the molecule is CCOc1ccc(C(=O)N(C)CC(=O)NC2CC2)cc1OC. The number of carbonyl (C=O) groups excluding carboxylic acids is 2. The van der Waals surface area contributed by atoms with Gasteiger partial charge in [0.2, 0.25) is 5.91 Å². The number of nitrogens with one attached hydrogen (secondary N) is 1. The lowest BCUT2D eigenvalue weighted by Gasteiger charge is -2.18. The molecule has 1 N–H and O–H groups in total. The molecule has 1 saturated carbocycles. The van der Waals surface area contributed by atoms with Crippen molar-refractivity contribution in [1.29, 1.82) is 0 Å². The highest BCUT2D eigenvalue weighted by atomic mass is 16.5. The number of amides is 2. The van der Waals surface area contributed by atoms with Gasteiger partial charge in [-0.3, -0.25) is 9.59 Å². The van der Waals surface area contributed by atoms with Gasteiger partial charge in [0.15, 0.2) is 11.5 Å². The topological polar surface area (TPSA) is 67.9 Å². The van der Waals surface area contributed by atoms with Crippen LogP contribution in [0.5, 0.6) is 11.5 Å². The molecule has 1 aromatic carbocycles. The number of carbonyl (C=O) groups is 2. The zero-order valence-corrected chi connectivity index (χ0v) is 13.2. The van der Waals surface area contributed by atoms with Crippen LogP contribution in [0.2, 0.25) is 0 Å². The van der Waals surface area contributed by atoms with Crippen LogP contribution in [0.3, 0.4) is 0 Å². The van der Waals surface area contributed by atoms with E-state index in [1.807, 2.05) is 6.92 Å². The molecule has 0 aromatic heterocycles. The van der Waals surface area contributed by atoms with E-state index in [4.69, 9.17) is 9.47 Å². The van der Waals surface area contributed by atoms with Crippen molar-refractivity contribution in [3.63, 3.8) is 0 Å². The highest BCUT2D eigenvalue weighted by molar-refractivity contribution is 5.97. The molecule has 0 aliphatic heterocycles. The van der Waals surface area contributed by atoms with Crippen molar-refractivity contribution in [2.45, 2.75) is 25.8 Å². The molecule has 120 valence electrons. The summed E-state index contributed by atoms with van der Waals surface area (Å²) in [6.45, 7) is 2.44. The van der Waals surface area contributed by atoms with Crippen LogP contribution in [-0.4, -0.2) is 50.1 Å². The van der Waals surface area contributed by atoms with E-state index in [1.54, 1.807) is 25.2 Å². The van der Waals surface area contributed by atoms with Crippen molar-refractivity contribution in [2.75, 3.05) is 27.3 Å². The molecular formula is C16H22N2O4. The van der Waals surface area contributed by atoms with E-state index in [0.29, 0.717) is 29.7 Å². The van der Waals surface area contributed by atoms with Gasteiger partial charge in [-0.1, -0.05) is 0 Å². The minimum absolute atomic E-state index is 0.0465. The third-order valence-electron chi connectivity index (χ3n) is 3.38. The summed E-state index contributed by atoms with van der Waals surface area (Å²) >= 11 is 0. The van der Waals surface area contributed by atoms with Gasteiger partial charge in [0.25, 0.3) is 5.91 Å². The lowest BCUT2D eigenvalue weighted by Crippen LogP contribution is -2.39. The Morgan fingerprint density at radius 2 is 2.05 bits per heavy atom. The summed E-state index contributed by atoms with van der Waals surface area (Å²) in [6.07, 6.45) is 2.05. The second kappa shape index (κ2) is 7.15. The van der Waals surface area contributed by atoms with E-state index in [0.717, 1.165) is 12.8 Å². The van der Waals surface area contributed by atoms with Crippen LogP contribution in [0.15, 0.2) is 18.2 Å². The van der Waals surface area contributed by atoms with Gasteiger partial charge >= 0.3 is 0 Å². The minimum Gasteiger partial charge on any atom is -0.493 e. The number of nitrogens with zero attached hydrogens (tertiary/aromatic N) is 1. The molecule has 1 aliphatic rings. The molecule has 2 rings (SSSR count). The van der Waals surface area contributed by atoms with Gasteiger partial charge in [-0.15, -0.1) is 0 Å². The number of methoxy groups -OCH3 is 1. The lowest BCUT2D eigenvalue weighted by atomic mass is 10.1. The van der Waals surface area contributed by atoms with E-state index in [9.17, 15) is 9.59 Å². The summed E-state index contributed by atoms with van der Waals surface area (Å²) in [4.78, 5) is 25.5. The Morgan fingerprint density at radius 1 is 1.32 bits per heavy atom. The van der Waals surface area contributed by atoms with E-state index >= 15 is 0 Å². The first-order valence-electron chi connectivity index (χ1n) is 7.40. The first kappa shape index (κ1) is 16.1. The van der Waals surface area contributed by atoms with E-state index in [1.165, 1.54) is 12.0 Å². The summed E-state index contributed by atoms with van der Waals surface area (Å²) in [7, 11) is 3.14. The van der Waals surface area contributed by atoms with Gasteiger partial charge in [0.1, 0.15) is 0 Å². The fraction of sp³-hybridized carbons (Fsp3) is 0.500. The third-order valence-corrected chi connectivity index (χ3v) is 3.38. The summed E-state index contributed by atoms with van der Waals surface area (Å²) < 4.78 is 10.7. The number of likely N-dealkylation sites (N-methyl/N-ethyl adjacent to an activating group) is 1. The maximum atomic E-state index is 12.4. The average molecular weight is 306 g/mol. The average Bonchev–Trinajstić information content (AvgIpc) is 3.30. The zero-order valence-electron chi connectivity index (χ0n) is 13.2. The Balaban J connectivity index is 2.02. The number of hydrogen-bond acceptors (Lipinski definition) is 4. The summed E-state index contributed by atoms with van der Waals surface area (Å²) in [5.74, 6) is 0.739. The normalized spacial score (nSPS) is 13.4. The molecule has 6 nitrogen and oxygen atoms in total. The predicted octanol–water partition coefficient (Wildman–Crippen LogP) is 1.44. The van der Waals surface area contributed by atoms with Crippen LogP contribution < -0.4 is 14.8 Å². The first-order valence-corrected chi connectivity index (χ1v) is 7.40. The van der Waals surface area contributed by atoms with Crippen LogP contribution in [-0.2, 0) is 4.79 Å². The second-order valence-electron chi connectivity index (χ2n) is 5.30. The maximum absolute atomic E-state index is 12.4. The summed E-state index contributed by atoms with van der Waals surface area (Å²) in [6, 6.07) is 5.29. The fourth-order valence-electron chi connectivity index (χ4n) is 2.08. The van der Waals surface area contributed by atoms with Crippen LogP contribution >= 0.6 is 0 Å². The Bertz CT molecular complexity index is 555. The molecule has 1 aromatic rings. The standard InChI is InChI=1S/C16H22N2O4/c1-4-22-13-8-5-11(9-14(13)21-3)16(20)18(2)10-15(19)17-12-6-7-12/h5,8-9,12H,4,6-7,10H2,1-3H3,(H,17,19). The molecule has 0 saturated heterocycles. The lowest BCUT2D eigenvalue weighted by molar-refractivity contribution is -0.121. The van der Waals surface area contributed by atoms with Gasteiger partial charge in [0, 0.05) is 18.7 Å². The van der Waals surface area contributed by atoms with Gasteiger partial charge in [-0.05, 0) is 38.0 Å². The fourth-order valence-corrected chi connectivity index (χ4v) is 2.08. The first-order chi connectivity index (χ1) is 10.5. The van der Waals surface area contributed by atoms with E-state index < -0.39 is 0 Å². The third kappa shape index (κ3) is 4.13. The molecule has 0 unspecified atom stereocenters. The molecule has 0 heterocycles. The quantitative estimate of drug-likeness (QED) is 0.828. The summed E-state index contributed by atoms with van der Waals surface area (Å²) in [5, 5.41) is 2.86. The highest BCUT2D eigenvalue weighted by Crippen LogP contribution is 2.28. The molecular weight excluding hydrogens is 284 g/mol. The number of rotatable bonds is 7. The maximum Gasteiger partial charge on any atom is 0.254 e. The van der Waals surface area contributed by atoms with Crippen molar-refractivity contribution in [3.8, 4) is 11.5 Å². The zero-order chi connectivity index (χ0) is 16.1. The van der Waals surface area contributed by atoms with Crippen LogP contribution in [0.25, 0.3) is 0 Å². The molecule has 6 heteroatoms. The Hall–Kier alpha value is -2.24. The van der Waals surface area contributed by atoms with Gasteiger partial charge in [-0.2, -0.15) is 0 Å².